The summed E-state index contributed by atoms with van der Waals surface area (Å²) in [5.41, 5.74) is 1.40. The molecule has 0 saturated carbocycles. The smallest absolute Gasteiger partial charge is 0.278 e. The van der Waals surface area contributed by atoms with Crippen LogP contribution in [-0.2, 0) is 6.54 Å². The minimum absolute atomic E-state index is 0.180. The van der Waals surface area contributed by atoms with Gasteiger partial charge in [0.25, 0.3) is 5.89 Å². The number of phenolic OH excluding ortho intramolecular Hbond substituents is 1. The van der Waals surface area contributed by atoms with E-state index in [1.54, 1.807) is 36.8 Å². The molecular formula is C18H18ClN5O2. The average molecular weight is 372 g/mol. The lowest BCUT2D eigenvalue weighted by Crippen LogP contribution is -2.34. The first-order valence-electron chi connectivity index (χ1n) is 8.49. The monoisotopic (exact) mass is 371 g/mol. The van der Waals surface area contributed by atoms with Crippen molar-refractivity contribution in [3.8, 4) is 17.3 Å². The maximum absolute atomic E-state index is 10.0. The molecule has 0 spiro atoms. The molecule has 1 atom stereocenters. The van der Waals surface area contributed by atoms with E-state index in [-0.39, 0.29) is 11.7 Å². The van der Waals surface area contributed by atoms with Crippen molar-refractivity contribution in [1.29, 1.82) is 0 Å². The molecule has 1 aliphatic heterocycles. The molecule has 3 aromatic rings. The van der Waals surface area contributed by atoms with Gasteiger partial charge in [0.15, 0.2) is 5.82 Å². The van der Waals surface area contributed by atoms with Crippen LogP contribution >= 0.6 is 11.6 Å². The number of rotatable bonds is 4. The van der Waals surface area contributed by atoms with Crippen LogP contribution in [0.25, 0.3) is 11.6 Å². The number of halogens is 1. The number of likely N-dealkylation sites (tertiary alicyclic amines) is 1. The summed E-state index contributed by atoms with van der Waals surface area (Å²) in [6.45, 7) is 2.39. The number of hydrogen-bond donors (Lipinski definition) is 1. The lowest BCUT2D eigenvalue weighted by atomic mass is 9.97. The van der Waals surface area contributed by atoms with Crippen LogP contribution in [0, 0.1) is 0 Å². The standard InChI is InChI=1S/C18H18ClN5O2/c19-14-3-4-16(25)13(8-14)11-24-7-1-2-12(10-24)17-22-18(26-23-17)15-9-20-5-6-21-15/h3-6,8-9,12,25H,1-2,7,10-11H2/t12-/m0/s1. The molecule has 0 aliphatic carbocycles. The van der Waals surface area contributed by atoms with Crippen molar-refractivity contribution < 1.29 is 9.63 Å². The molecule has 0 amide bonds. The third-order valence-electron chi connectivity index (χ3n) is 4.53. The van der Waals surface area contributed by atoms with Crippen LogP contribution in [0.3, 0.4) is 0 Å². The molecule has 134 valence electrons. The maximum atomic E-state index is 10.0. The van der Waals surface area contributed by atoms with Crippen molar-refractivity contribution in [2.24, 2.45) is 0 Å². The van der Waals surface area contributed by atoms with Crippen molar-refractivity contribution in [2.75, 3.05) is 13.1 Å². The number of phenols is 1. The topological polar surface area (TPSA) is 88.2 Å². The van der Waals surface area contributed by atoms with E-state index in [9.17, 15) is 5.11 Å². The van der Waals surface area contributed by atoms with Gasteiger partial charge in [-0.2, -0.15) is 4.98 Å². The molecule has 7 nitrogen and oxygen atoms in total. The predicted octanol–water partition coefficient (Wildman–Crippen LogP) is 3.27. The number of aromatic hydroxyl groups is 1. The van der Waals surface area contributed by atoms with E-state index in [0.717, 1.165) is 31.5 Å². The molecule has 0 radical (unpaired) electrons. The van der Waals surface area contributed by atoms with Crippen molar-refractivity contribution in [1.82, 2.24) is 25.0 Å². The van der Waals surface area contributed by atoms with Crippen LogP contribution in [-0.4, -0.2) is 43.2 Å². The van der Waals surface area contributed by atoms with E-state index in [4.69, 9.17) is 16.1 Å². The Hall–Kier alpha value is -2.51. The highest BCUT2D eigenvalue weighted by molar-refractivity contribution is 6.30. The zero-order chi connectivity index (χ0) is 17.9. The highest BCUT2D eigenvalue weighted by Gasteiger charge is 2.26. The van der Waals surface area contributed by atoms with Gasteiger partial charge in [0.2, 0.25) is 0 Å². The summed E-state index contributed by atoms with van der Waals surface area (Å²) in [6.07, 6.45) is 6.83. The highest BCUT2D eigenvalue weighted by atomic mass is 35.5. The fourth-order valence-electron chi connectivity index (χ4n) is 3.25. The Bertz CT molecular complexity index is 886. The summed E-state index contributed by atoms with van der Waals surface area (Å²) in [4.78, 5) is 15.0. The number of nitrogens with zero attached hydrogens (tertiary/aromatic N) is 5. The van der Waals surface area contributed by atoms with Gasteiger partial charge >= 0.3 is 0 Å². The molecule has 0 bridgehead atoms. The third kappa shape index (κ3) is 3.68. The normalized spacial score (nSPS) is 18.1. The second kappa shape index (κ2) is 7.39. The fourth-order valence-corrected chi connectivity index (χ4v) is 3.44. The number of hydrogen-bond acceptors (Lipinski definition) is 7. The van der Waals surface area contributed by atoms with Gasteiger partial charge in [-0.3, -0.25) is 9.88 Å². The third-order valence-corrected chi connectivity index (χ3v) is 4.77. The van der Waals surface area contributed by atoms with Crippen LogP contribution in [0.1, 0.15) is 30.1 Å². The molecule has 2 aromatic heterocycles. The first kappa shape index (κ1) is 16.9. The van der Waals surface area contributed by atoms with Gasteiger partial charge in [-0.15, -0.1) is 0 Å². The Kier molecular flexibility index (Phi) is 4.81. The molecule has 26 heavy (non-hydrogen) atoms. The van der Waals surface area contributed by atoms with E-state index >= 15 is 0 Å². The van der Waals surface area contributed by atoms with Gasteiger partial charge in [0, 0.05) is 42.0 Å². The van der Waals surface area contributed by atoms with Crippen LogP contribution in [0.2, 0.25) is 5.02 Å². The minimum atomic E-state index is 0.180. The molecule has 8 heteroatoms. The average Bonchev–Trinajstić information content (AvgIpc) is 3.16. The molecule has 1 aromatic carbocycles. The van der Waals surface area contributed by atoms with Crippen LogP contribution in [0.15, 0.2) is 41.3 Å². The van der Waals surface area contributed by atoms with E-state index < -0.39 is 0 Å². The largest absolute Gasteiger partial charge is 0.508 e. The van der Waals surface area contributed by atoms with Gasteiger partial charge < -0.3 is 9.63 Å². The lowest BCUT2D eigenvalue weighted by Gasteiger charge is -2.31. The molecule has 1 aliphatic rings. The fraction of sp³-hybridized carbons (Fsp3) is 0.333. The molecule has 4 rings (SSSR count). The van der Waals surface area contributed by atoms with Crippen LogP contribution in [0.4, 0.5) is 0 Å². The van der Waals surface area contributed by atoms with Crippen molar-refractivity contribution in [3.63, 3.8) is 0 Å². The quantitative estimate of drug-likeness (QED) is 0.752. The molecule has 3 heterocycles. The predicted molar refractivity (Wildman–Crippen MR) is 95.7 cm³/mol. The van der Waals surface area contributed by atoms with Crippen molar-refractivity contribution >= 4 is 11.6 Å². The summed E-state index contributed by atoms with van der Waals surface area (Å²) < 4.78 is 5.35. The summed E-state index contributed by atoms with van der Waals surface area (Å²) in [6, 6.07) is 5.12. The van der Waals surface area contributed by atoms with Crippen molar-refractivity contribution in [2.45, 2.75) is 25.3 Å². The second-order valence-corrected chi connectivity index (χ2v) is 6.83. The molecule has 0 unspecified atom stereocenters. The first-order valence-corrected chi connectivity index (χ1v) is 8.86. The minimum Gasteiger partial charge on any atom is -0.508 e. The lowest BCUT2D eigenvalue weighted by molar-refractivity contribution is 0.193. The van der Waals surface area contributed by atoms with Crippen LogP contribution in [0.5, 0.6) is 5.75 Å². The van der Waals surface area contributed by atoms with Gasteiger partial charge in [-0.25, -0.2) is 4.98 Å². The molecular weight excluding hydrogens is 354 g/mol. The SMILES string of the molecule is Oc1ccc(Cl)cc1CN1CCC[C@H](c2noc(-c3cnccn3)n2)C1. The van der Waals surface area contributed by atoms with E-state index in [1.807, 2.05) is 0 Å². The Morgan fingerprint density at radius 1 is 1.31 bits per heavy atom. The highest BCUT2D eigenvalue weighted by Crippen LogP contribution is 2.29. The number of aromatic nitrogens is 4. The van der Waals surface area contributed by atoms with E-state index in [2.05, 4.69) is 25.0 Å². The van der Waals surface area contributed by atoms with Crippen molar-refractivity contribution in [3.05, 3.63) is 53.2 Å². The van der Waals surface area contributed by atoms with E-state index in [0.29, 0.717) is 29.0 Å². The second-order valence-electron chi connectivity index (χ2n) is 6.40. The summed E-state index contributed by atoms with van der Waals surface area (Å²) >= 11 is 6.05. The zero-order valence-electron chi connectivity index (χ0n) is 14.0. The molecule has 1 N–H and O–H groups in total. The Morgan fingerprint density at radius 2 is 2.23 bits per heavy atom. The Morgan fingerprint density at radius 3 is 3.08 bits per heavy atom. The Balaban J connectivity index is 1.47. The van der Waals surface area contributed by atoms with Gasteiger partial charge in [0.1, 0.15) is 11.4 Å². The number of benzene rings is 1. The van der Waals surface area contributed by atoms with E-state index in [1.165, 1.54) is 0 Å². The Labute approximate surface area is 155 Å². The van der Waals surface area contributed by atoms with Crippen LogP contribution < -0.4 is 0 Å². The summed E-state index contributed by atoms with van der Waals surface area (Å²) in [5, 5.41) is 14.8. The van der Waals surface area contributed by atoms with Gasteiger partial charge in [-0.05, 0) is 37.6 Å². The summed E-state index contributed by atoms with van der Waals surface area (Å²) in [7, 11) is 0. The zero-order valence-corrected chi connectivity index (χ0v) is 14.8. The summed E-state index contributed by atoms with van der Waals surface area (Å²) in [5.74, 6) is 1.52. The first-order chi connectivity index (χ1) is 12.7. The van der Waals surface area contributed by atoms with Gasteiger partial charge in [-0.1, -0.05) is 16.8 Å². The maximum Gasteiger partial charge on any atom is 0.278 e. The molecule has 1 saturated heterocycles. The molecule has 1 fully saturated rings. The van der Waals surface area contributed by atoms with Gasteiger partial charge in [0.05, 0.1) is 6.20 Å². The number of piperidine rings is 1.